The zero-order valence-electron chi connectivity index (χ0n) is 26.1. The molecule has 3 N–H and O–H groups in total. The predicted octanol–water partition coefficient (Wildman–Crippen LogP) is 7.16. The van der Waals surface area contributed by atoms with Crippen LogP contribution >= 0.6 is 0 Å². The number of hydrogen-bond donors (Lipinski definition) is 3. The number of carbonyl (C=O) groups excluding carboxylic acids is 1. The van der Waals surface area contributed by atoms with Crippen LogP contribution in [-0.4, -0.2) is 50.9 Å². The van der Waals surface area contributed by atoms with Crippen LogP contribution in [0.15, 0.2) is 66.9 Å². The molecule has 4 aromatic rings. The Morgan fingerprint density at radius 3 is 2.00 bits per heavy atom. The molecule has 44 heavy (non-hydrogen) atoms. The van der Waals surface area contributed by atoms with Crippen molar-refractivity contribution >= 4 is 39.1 Å². The van der Waals surface area contributed by atoms with Crippen LogP contribution in [0.25, 0.3) is 22.0 Å². The first-order chi connectivity index (χ1) is 20.8. The summed E-state index contributed by atoms with van der Waals surface area (Å²) < 4.78 is 5.76. The highest BCUT2D eigenvalue weighted by Crippen LogP contribution is 2.45. The Kier molecular flexibility index (Phi) is 8.60. The number of hydrogen-bond acceptors (Lipinski definition) is 3. The van der Waals surface area contributed by atoms with E-state index in [0.717, 1.165) is 49.8 Å². The number of amides is 1. The summed E-state index contributed by atoms with van der Waals surface area (Å²) in [5, 5.41) is 13.4. The Balaban J connectivity index is 1.40. The topological polar surface area (TPSA) is 91.4 Å². The van der Waals surface area contributed by atoms with Crippen LogP contribution in [-0.2, 0) is 16.0 Å². The number of benzene rings is 3. The molecule has 0 bridgehead atoms. The van der Waals surface area contributed by atoms with Gasteiger partial charge in [0.2, 0.25) is 0 Å². The average Bonchev–Trinajstić information content (AvgIpc) is 3.50. The van der Waals surface area contributed by atoms with Crippen LogP contribution in [0.1, 0.15) is 33.7 Å². The molecule has 0 saturated heterocycles. The van der Waals surface area contributed by atoms with Crippen molar-refractivity contribution in [3.8, 4) is 34.1 Å². The van der Waals surface area contributed by atoms with E-state index in [1.54, 1.807) is 6.20 Å². The molecule has 0 spiro atoms. The van der Waals surface area contributed by atoms with Crippen molar-refractivity contribution < 1.29 is 19.4 Å². The van der Waals surface area contributed by atoms with Crippen LogP contribution in [0, 0.1) is 22.9 Å². The minimum atomic E-state index is -1.57. The van der Waals surface area contributed by atoms with E-state index in [2.05, 4.69) is 96.8 Å². The largest absolute Gasteiger partial charge is 0.480 e. The molecule has 0 aliphatic heterocycles. The van der Waals surface area contributed by atoms with Crippen LogP contribution in [0.3, 0.4) is 0 Å². The van der Waals surface area contributed by atoms with Gasteiger partial charge in [-0.1, -0.05) is 81.5 Å². The van der Waals surface area contributed by atoms with Gasteiger partial charge in [-0.2, -0.15) is 0 Å². The summed E-state index contributed by atoms with van der Waals surface area (Å²) >= 11 is 0. The summed E-state index contributed by atoms with van der Waals surface area (Å²) in [5.74, 6) is 5.35. The van der Waals surface area contributed by atoms with Crippen LogP contribution < -0.4 is 5.32 Å². The first-order valence-corrected chi connectivity index (χ1v) is 21.8. The highest BCUT2D eigenvalue weighted by atomic mass is 28.3. The van der Waals surface area contributed by atoms with Crippen LogP contribution in [0.2, 0.25) is 39.3 Å². The molecule has 3 aromatic carbocycles. The van der Waals surface area contributed by atoms with Gasteiger partial charge in [-0.25, -0.2) is 9.59 Å². The lowest BCUT2D eigenvalue weighted by molar-refractivity contribution is -0.139. The first-order valence-electron chi connectivity index (χ1n) is 14.8. The summed E-state index contributed by atoms with van der Waals surface area (Å²) in [5.41, 5.74) is 14.7. The van der Waals surface area contributed by atoms with E-state index >= 15 is 0 Å². The van der Waals surface area contributed by atoms with E-state index < -0.39 is 34.3 Å². The Morgan fingerprint density at radius 1 is 0.886 bits per heavy atom. The lowest BCUT2D eigenvalue weighted by Crippen LogP contribution is -2.42. The van der Waals surface area contributed by atoms with Gasteiger partial charge in [0.15, 0.2) is 0 Å². The van der Waals surface area contributed by atoms with Crippen molar-refractivity contribution in [2.75, 3.05) is 6.61 Å². The molecule has 1 aromatic heterocycles. The molecule has 224 valence electrons. The molecule has 1 atom stereocenters. The zero-order chi connectivity index (χ0) is 31.6. The Hall–Kier alpha value is -4.51. The normalized spacial score (nSPS) is 13.1. The van der Waals surface area contributed by atoms with Crippen molar-refractivity contribution in [2.45, 2.75) is 57.7 Å². The maximum absolute atomic E-state index is 13.1. The van der Waals surface area contributed by atoms with Crippen molar-refractivity contribution in [2.24, 2.45) is 0 Å². The molecule has 6 nitrogen and oxygen atoms in total. The van der Waals surface area contributed by atoms with Crippen molar-refractivity contribution in [1.29, 1.82) is 0 Å². The van der Waals surface area contributed by atoms with Gasteiger partial charge in [-0.15, -0.1) is 11.1 Å². The first kappa shape index (κ1) is 30.9. The number of ether oxygens (including phenoxy) is 1. The summed E-state index contributed by atoms with van der Waals surface area (Å²) in [7, 11) is -3.15. The standard InChI is InChI=1S/C36H38N2O4Si2/c1-43(2,3)17-15-24-11-13-28-29-14-12-25(16-18-44(4,5)6)20-31(29)32(30(28)19-24)23-42-36(41)38-34(35(39)40)21-26-22-37-33-10-8-7-9-27(26)33/h7-14,19-20,22,32,34,37H,21,23H2,1-6H3,(H,38,41)(H,39,40)/t34-/m0/s1. The molecule has 0 saturated carbocycles. The molecule has 1 aliphatic rings. The Bertz CT molecular complexity index is 1790. The quantitative estimate of drug-likeness (QED) is 0.158. The molecule has 0 unspecified atom stereocenters. The van der Waals surface area contributed by atoms with Gasteiger partial charge in [-0.05, 0) is 58.1 Å². The molecule has 0 radical (unpaired) electrons. The number of H-pyrrole nitrogens is 1. The van der Waals surface area contributed by atoms with Gasteiger partial charge in [0.05, 0.1) is 0 Å². The summed E-state index contributed by atoms with van der Waals surface area (Å²) in [4.78, 5) is 28.3. The predicted molar refractivity (Wildman–Crippen MR) is 182 cm³/mol. The summed E-state index contributed by atoms with van der Waals surface area (Å²) in [6.07, 6.45) is 1.14. The number of carbonyl (C=O) groups is 2. The molecular formula is C36H38N2O4Si2. The molecule has 8 heteroatoms. The molecular weight excluding hydrogens is 581 g/mol. The number of aliphatic carboxylic acids is 1. The second-order valence-corrected chi connectivity index (χ2v) is 22.9. The maximum Gasteiger partial charge on any atom is 0.407 e. The number of para-hydroxylation sites is 1. The lowest BCUT2D eigenvalue weighted by atomic mass is 9.96. The third-order valence-corrected chi connectivity index (χ3v) is 9.13. The van der Waals surface area contributed by atoms with Gasteiger partial charge >= 0.3 is 12.1 Å². The molecule has 5 rings (SSSR count). The Morgan fingerprint density at radius 2 is 1.45 bits per heavy atom. The van der Waals surface area contributed by atoms with Gasteiger partial charge in [0.25, 0.3) is 0 Å². The van der Waals surface area contributed by atoms with Crippen molar-refractivity contribution in [3.63, 3.8) is 0 Å². The maximum atomic E-state index is 13.1. The molecule has 1 heterocycles. The van der Waals surface area contributed by atoms with E-state index in [9.17, 15) is 14.7 Å². The lowest BCUT2D eigenvalue weighted by Gasteiger charge is -2.18. The number of carboxylic acid groups (broad SMARTS) is 1. The summed E-state index contributed by atoms with van der Waals surface area (Å²) in [6.45, 7) is 13.3. The Labute approximate surface area is 261 Å². The smallest absolute Gasteiger partial charge is 0.407 e. The monoisotopic (exact) mass is 618 g/mol. The van der Waals surface area contributed by atoms with E-state index in [-0.39, 0.29) is 18.9 Å². The number of nitrogens with one attached hydrogen (secondary N) is 2. The molecule has 1 amide bonds. The number of carboxylic acids is 1. The number of aromatic amines is 1. The number of aromatic nitrogens is 1. The third-order valence-electron chi connectivity index (χ3n) is 7.38. The van der Waals surface area contributed by atoms with Crippen molar-refractivity contribution in [3.05, 3.63) is 94.7 Å². The SMILES string of the molecule is C[Si](C)(C)C#Cc1ccc2c(c1)C(COC(=O)N[C@@H](Cc1c[nH]c3ccccc13)C(=O)O)c1cc(C#C[Si](C)(C)C)ccc1-2. The molecule has 1 aliphatic carbocycles. The van der Waals surface area contributed by atoms with Gasteiger partial charge < -0.3 is 20.1 Å². The van der Waals surface area contributed by atoms with E-state index in [4.69, 9.17) is 4.74 Å². The van der Waals surface area contributed by atoms with Crippen LogP contribution in [0.4, 0.5) is 4.79 Å². The van der Waals surface area contributed by atoms with Crippen molar-refractivity contribution in [1.82, 2.24) is 10.3 Å². The fraction of sp³-hybridized carbons (Fsp3) is 0.278. The van der Waals surface area contributed by atoms with Gasteiger partial charge in [0.1, 0.15) is 28.8 Å². The number of rotatable bonds is 6. The fourth-order valence-corrected chi connectivity index (χ4v) is 6.32. The van der Waals surface area contributed by atoms with E-state index in [0.29, 0.717) is 0 Å². The highest BCUT2D eigenvalue weighted by molar-refractivity contribution is 6.84. The summed E-state index contributed by atoms with van der Waals surface area (Å²) in [6, 6.07) is 19.0. The number of alkyl carbamates (subject to hydrolysis) is 1. The van der Waals surface area contributed by atoms with Gasteiger partial charge in [-0.3, -0.25) is 0 Å². The van der Waals surface area contributed by atoms with E-state index in [1.165, 1.54) is 0 Å². The minimum Gasteiger partial charge on any atom is -0.480 e. The van der Waals surface area contributed by atoms with Crippen LogP contribution in [0.5, 0.6) is 0 Å². The second-order valence-electron chi connectivity index (χ2n) is 13.4. The van der Waals surface area contributed by atoms with Gasteiger partial charge in [0, 0.05) is 40.6 Å². The molecule has 0 fully saturated rings. The highest BCUT2D eigenvalue weighted by Gasteiger charge is 2.31. The second kappa shape index (κ2) is 12.2. The number of fused-ring (bicyclic) bond motifs is 4. The zero-order valence-corrected chi connectivity index (χ0v) is 28.1. The third kappa shape index (κ3) is 7.34. The minimum absolute atomic E-state index is 0.0566. The fourth-order valence-electron chi connectivity index (χ4n) is 5.28. The van der Waals surface area contributed by atoms with E-state index in [1.807, 2.05) is 36.4 Å². The average molecular weight is 619 g/mol.